The Hall–Kier alpha value is -2.66. The van der Waals surface area contributed by atoms with Crippen LogP contribution in [0, 0.1) is 0 Å². The fourth-order valence-corrected chi connectivity index (χ4v) is 8.00. The lowest BCUT2D eigenvalue weighted by atomic mass is 10.0. The van der Waals surface area contributed by atoms with Crippen LogP contribution in [0.15, 0.2) is 72.9 Å². The van der Waals surface area contributed by atoms with Crippen LogP contribution in [0.2, 0.25) is 0 Å². The van der Waals surface area contributed by atoms with Gasteiger partial charge < -0.3 is 14.2 Å². The molecule has 0 fully saturated rings. The van der Waals surface area contributed by atoms with E-state index >= 15 is 0 Å². The number of ether oxygens (including phenoxy) is 3. The van der Waals surface area contributed by atoms with Gasteiger partial charge in [-0.1, -0.05) is 248 Å². The maximum absolute atomic E-state index is 12.9. The van der Waals surface area contributed by atoms with Gasteiger partial charge in [0.1, 0.15) is 6.61 Å². The second-order valence-corrected chi connectivity index (χ2v) is 18.8. The lowest BCUT2D eigenvalue weighted by Crippen LogP contribution is -2.30. The van der Waals surface area contributed by atoms with Gasteiger partial charge in [-0.05, 0) is 89.9 Å². The van der Waals surface area contributed by atoms with Gasteiger partial charge in [0, 0.05) is 19.4 Å². The second-order valence-electron chi connectivity index (χ2n) is 18.8. The maximum atomic E-state index is 12.9. The average Bonchev–Trinajstić information content (AvgIpc) is 3.32. The van der Waals surface area contributed by atoms with E-state index in [0.29, 0.717) is 19.4 Å². The first-order valence-corrected chi connectivity index (χ1v) is 28.5. The molecule has 0 aromatic heterocycles. The molecule has 0 bridgehead atoms. The smallest absolute Gasteiger partial charge is 0.306 e. The van der Waals surface area contributed by atoms with Gasteiger partial charge >= 0.3 is 11.9 Å². The molecule has 0 aliphatic carbocycles. The molecule has 0 rings (SSSR count). The highest BCUT2D eigenvalue weighted by Gasteiger charge is 2.17. The monoisotopic (exact) mass is 921 g/mol. The van der Waals surface area contributed by atoms with E-state index in [4.69, 9.17) is 14.2 Å². The fourth-order valence-electron chi connectivity index (χ4n) is 8.00. The average molecular weight is 922 g/mol. The first-order valence-electron chi connectivity index (χ1n) is 28.5. The van der Waals surface area contributed by atoms with Crippen LogP contribution >= 0.6 is 0 Å². The van der Waals surface area contributed by atoms with Crippen LogP contribution in [-0.2, 0) is 23.8 Å². The molecule has 1 unspecified atom stereocenters. The Morgan fingerprint density at radius 1 is 0.348 bits per heavy atom. The van der Waals surface area contributed by atoms with Gasteiger partial charge in [-0.25, -0.2) is 0 Å². The highest BCUT2D eigenvalue weighted by molar-refractivity contribution is 5.70. The van der Waals surface area contributed by atoms with Crippen molar-refractivity contribution in [3.63, 3.8) is 0 Å². The molecule has 0 radical (unpaired) electrons. The summed E-state index contributed by atoms with van der Waals surface area (Å²) in [4.78, 5) is 25.5. The summed E-state index contributed by atoms with van der Waals surface area (Å²) in [6, 6.07) is 0. The van der Waals surface area contributed by atoms with Gasteiger partial charge in [-0.15, -0.1) is 0 Å². The molecule has 382 valence electrons. The molecule has 5 heteroatoms. The zero-order valence-corrected chi connectivity index (χ0v) is 44.0. The van der Waals surface area contributed by atoms with Crippen molar-refractivity contribution in [1.82, 2.24) is 0 Å². The molecule has 0 aromatic rings. The Kier molecular flexibility index (Phi) is 54.4. The zero-order chi connectivity index (χ0) is 47.7. The highest BCUT2D eigenvalue weighted by atomic mass is 16.6. The van der Waals surface area contributed by atoms with Crippen molar-refractivity contribution in [2.24, 2.45) is 0 Å². The van der Waals surface area contributed by atoms with Crippen LogP contribution in [0.5, 0.6) is 0 Å². The van der Waals surface area contributed by atoms with E-state index < -0.39 is 6.10 Å². The Bertz CT molecular complexity index is 1180. The fraction of sp³-hybridized carbons (Fsp3) is 0.770. The number of carbonyl (C=O) groups excluding carboxylic acids is 2. The Morgan fingerprint density at radius 3 is 1.12 bits per heavy atom. The standard InChI is InChI=1S/C61H108O5/c1-4-7-10-13-16-19-22-25-28-31-33-36-39-42-45-48-51-54-60(62)65-58-59(57-64-56-53-50-47-44-41-38-35-30-27-24-21-18-15-12-9-6-3)66-61(63)55-52-49-46-43-40-37-34-32-29-26-23-20-17-14-11-8-5-2/h9,12,16,18-19,21,25,27-28,30,38,41,59H,4-8,10-11,13-15,17,20,22-24,26,29,31-37,39-40,42-58H2,1-3H3/b12-9-,19-16-,21-18-,28-25-,30-27-,41-38-. The third-order valence-electron chi connectivity index (χ3n) is 12.2. The van der Waals surface area contributed by atoms with Crippen molar-refractivity contribution in [2.75, 3.05) is 19.8 Å². The summed E-state index contributed by atoms with van der Waals surface area (Å²) in [6.45, 7) is 7.65. The maximum Gasteiger partial charge on any atom is 0.306 e. The van der Waals surface area contributed by atoms with E-state index in [0.717, 1.165) is 89.9 Å². The SMILES string of the molecule is CC/C=C\C/C=C\C/C=C\C/C=C\CCCCCOCC(COC(=O)CCCCCCCCC/C=C\C/C=C\CCCCC)OC(=O)CCCCCCCCCCCCCCCCCCC. The molecular weight excluding hydrogens is 813 g/mol. The molecule has 0 saturated carbocycles. The van der Waals surface area contributed by atoms with Gasteiger partial charge in [0.2, 0.25) is 0 Å². The predicted octanol–water partition coefficient (Wildman–Crippen LogP) is 19.5. The van der Waals surface area contributed by atoms with Gasteiger partial charge in [0.15, 0.2) is 6.10 Å². The Morgan fingerprint density at radius 2 is 0.682 bits per heavy atom. The molecule has 5 nitrogen and oxygen atoms in total. The number of rotatable bonds is 52. The normalized spacial score (nSPS) is 12.7. The minimum atomic E-state index is -0.557. The third kappa shape index (κ3) is 54.0. The van der Waals surface area contributed by atoms with Crippen molar-refractivity contribution in [1.29, 1.82) is 0 Å². The molecule has 0 aliphatic rings. The number of carbonyl (C=O) groups is 2. The molecule has 0 saturated heterocycles. The summed E-state index contributed by atoms with van der Waals surface area (Å²) in [5.41, 5.74) is 0. The van der Waals surface area contributed by atoms with E-state index in [9.17, 15) is 9.59 Å². The van der Waals surface area contributed by atoms with Crippen molar-refractivity contribution in [3.8, 4) is 0 Å². The number of hydrogen-bond acceptors (Lipinski definition) is 5. The van der Waals surface area contributed by atoms with Crippen molar-refractivity contribution in [3.05, 3.63) is 72.9 Å². The van der Waals surface area contributed by atoms with E-state index in [1.807, 2.05) is 0 Å². The third-order valence-corrected chi connectivity index (χ3v) is 12.2. The van der Waals surface area contributed by atoms with Crippen molar-refractivity contribution < 1.29 is 23.8 Å². The van der Waals surface area contributed by atoms with Crippen LogP contribution in [0.4, 0.5) is 0 Å². The number of allylic oxidation sites excluding steroid dienone is 12. The zero-order valence-electron chi connectivity index (χ0n) is 44.0. The van der Waals surface area contributed by atoms with E-state index in [-0.39, 0.29) is 25.2 Å². The molecule has 66 heavy (non-hydrogen) atoms. The van der Waals surface area contributed by atoms with Gasteiger partial charge in [0.25, 0.3) is 0 Å². The molecule has 0 spiro atoms. The van der Waals surface area contributed by atoms with Crippen molar-refractivity contribution in [2.45, 2.75) is 284 Å². The molecule has 0 amide bonds. The predicted molar refractivity (Wildman–Crippen MR) is 288 cm³/mol. The Labute approximate surface area is 410 Å². The largest absolute Gasteiger partial charge is 0.462 e. The summed E-state index contributed by atoms with van der Waals surface area (Å²) in [5.74, 6) is -0.414. The summed E-state index contributed by atoms with van der Waals surface area (Å²) < 4.78 is 17.4. The first-order chi connectivity index (χ1) is 32.6. The topological polar surface area (TPSA) is 61.8 Å². The minimum Gasteiger partial charge on any atom is -0.462 e. The first kappa shape index (κ1) is 63.3. The Balaban J connectivity index is 4.32. The van der Waals surface area contributed by atoms with Crippen LogP contribution in [0.1, 0.15) is 278 Å². The lowest BCUT2D eigenvalue weighted by molar-refractivity contribution is -0.163. The van der Waals surface area contributed by atoms with Crippen LogP contribution in [-0.4, -0.2) is 37.9 Å². The second kappa shape index (κ2) is 56.7. The number of unbranched alkanes of at least 4 members (excludes halogenated alkanes) is 29. The van der Waals surface area contributed by atoms with Crippen LogP contribution < -0.4 is 0 Å². The molecule has 0 aromatic carbocycles. The van der Waals surface area contributed by atoms with Gasteiger partial charge in [0.05, 0.1) is 6.61 Å². The van der Waals surface area contributed by atoms with E-state index in [1.54, 1.807) is 0 Å². The summed E-state index contributed by atoms with van der Waals surface area (Å²) >= 11 is 0. The molecule has 1 atom stereocenters. The van der Waals surface area contributed by atoms with Crippen LogP contribution in [0.25, 0.3) is 0 Å². The summed E-state index contributed by atoms with van der Waals surface area (Å²) in [6.07, 6.45) is 73.5. The van der Waals surface area contributed by atoms with E-state index in [2.05, 4.69) is 93.7 Å². The molecular formula is C61H108O5. The minimum absolute atomic E-state index is 0.0686. The van der Waals surface area contributed by atoms with Crippen LogP contribution in [0.3, 0.4) is 0 Å². The van der Waals surface area contributed by atoms with Crippen molar-refractivity contribution >= 4 is 11.9 Å². The summed E-state index contributed by atoms with van der Waals surface area (Å²) in [5, 5.41) is 0. The molecule has 0 N–H and O–H groups in total. The number of esters is 2. The highest BCUT2D eigenvalue weighted by Crippen LogP contribution is 2.16. The quantitative estimate of drug-likeness (QED) is 0.0346. The number of hydrogen-bond donors (Lipinski definition) is 0. The molecule has 0 aliphatic heterocycles. The molecule has 0 heterocycles. The van der Waals surface area contributed by atoms with Gasteiger partial charge in [-0.2, -0.15) is 0 Å². The lowest BCUT2D eigenvalue weighted by Gasteiger charge is -2.18. The van der Waals surface area contributed by atoms with Gasteiger partial charge in [-0.3, -0.25) is 9.59 Å². The van der Waals surface area contributed by atoms with E-state index in [1.165, 1.54) is 154 Å². The summed E-state index contributed by atoms with van der Waals surface area (Å²) in [7, 11) is 0.